The summed E-state index contributed by atoms with van der Waals surface area (Å²) in [4.78, 5) is 35.0. The van der Waals surface area contributed by atoms with Crippen molar-refractivity contribution >= 4 is 19.8 Å². The second kappa shape index (κ2) is 29.9. The van der Waals surface area contributed by atoms with Gasteiger partial charge in [0.2, 0.25) is 0 Å². The molecule has 10 heteroatoms. The summed E-state index contributed by atoms with van der Waals surface area (Å²) in [6.45, 7) is 4.36. The standard InChI is InChI=1S/C36H70NO8P/c1-6-8-10-12-14-16-18-19-21-23-25-27-29-36(39)45-34(33-44-46(40,41)43-31-30-37(3,4)5)32-42-35(38)28-26-24-22-20-17-15-13-11-9-7-2/h14,16,34H,6-13,15,17-33H2,1-5H3/p+1/b16-14+/t34-/m1/s1. The number of phosphoric acid groups is 1. The average molecular weight is 677 g/mol. The summed E-state index contributed by atoms with van der Waals surface area (Å²) in [5, 5.41) is 0. The third-order valence-electron chi connectivity index (χ3n) is 7.80. The quantitative estimate of drug-likeness (QED) is 0.0241. The van der Waals surface area contributed by atoms with Gasteiger partial charge in [-0.25, -0.2) is 4.57 Å². The maximum Gasteiger partial charge on any atom is 0.472 e. The van der Waals surface area contributed by atoms with Crippen molar-refractivity contribution in [2.75, 3.05) is 47.5 Å². The van der Waals surface area contributed by atoms with Crippen LogP contribution >= 0.6 is 7.82 Å². The van der Waals surface area contributed by atoms with E-state index in [1.807, 2.05) is 21.1 Å². The highest BCUT2D eigenvalue weighted by Gasteiger charge is 2.27. The number of ether oxygens (including phenoxy) is 2. The molecule has 0 aromatic carbocycles. The zero-order chi connectivity index (χ0) is 34.4. The van der Waals surface area contributed by atoms with Gasteiger partial charge in [-0.1, -0.05) is 116 Å². The first-order chi connectivity index (χ1) is 22.0. The lowest BCUT2D eigenvalue weighted by atomic mass is 10.1. The number of likely N-dealkylation sites (N-methyl/N-ethyl adjacent to an activating group) is 1. The number of rotatable bonds is 33. The molecule has 0 rings (SSSR count). The lowest BCUT2D eigenvalue weighted by molar-refractivity contribution is -0.870. The summed E-state index contributed by atoms with van der Waals surface area (Å²) in [5.41, 5.74) is 0. The number of allylic oxidation sites excluding steroid dienone is 2. The Morgan fingerprint density at radius 3 is 1.65 bits per heavy atom. The lowest BCUT2D eigenvalue weighted by Crippen LogP contribution is -2.37. The van der Waals surface area contributed by atoms with Crippen LogP contribution < -0.4 is 0 Å². The average Bonchev–Trinajstić information content (AvgIpc) is 2.99. The van der Waals surface area contributed by atoms with E-state index in [9.17, 15) is 19.0 Å². The zero-order valence-corrected chi connectivity index (χ0v) is 31.2. The molecule has 1 unspecified atom stereocenters. The molecule has 1 N–H and O–H groups in total. The number of carbonyl (C=O) groups excluding carboxylic acids is 2. The Bertz CT molecular complexity index is 814. The van der Waals surface area contributed by atoms with Crippen LogP contribution in [0.2, 0.25) is 0 Å². The monoisotopic (exact) mass is 676 g/mol. The summed E-state index contributed by atoms with van der Waals surface area (Å²) in [7, 11) is 1.47. The minimum absolute atomic E-state index is 0.0326. The van der Waals surface area contributed by atoms with Gasteiger partial charge in [0.1, 0.15) is 19.8 Å². The van der Waals surface area contributed by atoms with E-state index < -0.39 is 26.5 Å². The minimum atomic E-state index is -4.36. The van der Waals surface area contributed by atoms with Crippen LogP contribution in [0.15, 0.2) is 12.2 Å². The van der Waals surface area contributed by atoms with Crippen molar-refractivity contribution in [1.29, 1.82) is 0 Å². The molecule has 0 spiro atoms. The summed E-state index contributed by atoms with van der Waals surface area (Å²) in [6, 6.07) is 0. The zero-order valence-electron chi connectivity index (χ0n) is 30.3. The van der Waals surface area contributed by atoms with E-state index in [2.05, 4.69) is 26.0 Å². The third-order valence-corrected chi connectivity index (χ3v) is 8.78. The Balaban J connectivity index is 4.48. The minimum Gasteiger partial charge on any atom is -0.462 e. The van der Waals surface area contributed by atoms with Crippen LogP contribution in [-0.4, -0.2) is 74.9 Å². The fourth-order valence-corrected chi connectivity index (χ4v) is 5.57. The Morgan fingerprint density at radius 2 is 1.11 bits per heavy atom. The van der Waals surface area contributed by atoms with E-state index in [1.54, 1.807) is 0 Å². The highest BCUT2D eigenvalue weighted by atomic mass is 31.2. The molecule has 2 atom stereocenters. The van der Waals surface area contributed by atoms with Gasteiger partial charge in [0.25, 0.3) is 0 Å². The van der Waals surface area contributed by atoms with E-state index in [1.165, 1.54) is 70.6 Å². The number of hydrogen-bond acceptors (Lipinski definition) is 7. The highest BCUT2D eigenvalue weighted by molar-refractivity contribution is 7.47. The molecule has 0 bridgehead atoms. The molecule has 0 saturated carbocycles. The van der Waals surface area contributed by atoms with Gasteiger partial charge in [-0.15, -0.1) is 0 Å². The van der Waals surface area contributed by atoms with E-state index >= 15 is 0 Å². The van der Waals surface area contributed by atoms with Gasteiger partial charge in [-0.05, 0) is 38.5 Å². The number of phosphoric ester groups is 1. The molecule has 0 heterocycles. The second-order valence-electron chi connectivity index (χ2n) is 13.6. The third kappa shape index (κ3) is 32.7. The first kappa shape index (κ1) is 44.8. The van der Waals surface area contributed by atoms with Crippen molar-refractivity contribution in [2.24, 2.45) is 0 Å². The topological polar surface area (TPSA) is 108 Å². The molecule has 0 aromatic heterocycles. The SMILES string of the molecule is CCCCC/C=C/CCCCCCCC(=O)O[C@H](COC(=O)CCCCCCCCCCCC)COP(=O)(O)OCC[N+](C)(C)C. The number of esters is 2. The second-order valence-corrected chi connectivity index (χ2v) is 15.1. The molecular weight excluding hydrogens is 605 g/mol. The van der Waals surface area contributed by atoms with Gasteiger partial charge in [0.05, 0.1) is 27.7 Å². The molecule has 0 radical (unpaired) electrons. The number of carbonyl (C=O) groups is 2. The van der Waals surface area contributed by atoms with Gasteiger partial charge in [0.15, 0.2) is 6.10 Å². The predicted molar refractivity (Wildman–Crippen MR) is 188 cm³/mol. The lowest BCUT2D eigenvalue weighted by Gasteiger charge is -2.24. The number of quaternary nitrogens is 1. The van der Waals surface area contributed by atoms with Crippen LogP contribution in [0.1, 0.15) is 155 Å². The predicted octanol–water partition coefficient (Wildman–Crippen LogP) is 9.46. The van der Waals surface area contributed by atoms with Crippen molar-refractivity contribution in [3.63, 3.8) is 0 Å². The maximum atomic E-state index is 12.6. The number of nitrogens with zero attached hydrogens (tertiary/aromatic N) is 1. The van der Waals surface area contributed by atoms with E-state index in [0.717, 1.165) is 51.4 Å². The molecule has 0 amide bonds. The largest absolute Gasteiger partial charge is 0.472 e. The van der Waals surface area contributed by atoms with E-state index in [-0.39, 0.29) is 25.6 Å². The number of hydrogen-bond donors (Lipinski definition) is 1. The summed E-state index contributed by atoms with van der Waals surface area (Å²) < 4.78 is 34.1. The van der Waals surface area contributed by atoms with E-state index in [0.29, 0.717) is 23.9 Å². The van der Waals surface area contributed by atoms with Crippen molar-refractivity contribution in [2.45, 2.75) is 161 Å². The van der Waals surface area contributed by atoms with Crippen molar-refractivity contribution < 1.29 is 42.1 Å². The normalized spacial score (nSPS) is 14.0. The molecule has 272 valence electrons. The van der Waals surface area contributed by atoms with Crippen LogP contribution in [0.3, 0.4) is 0 Å². The Kier molecular flexibility index (Phi) is 29.0. The van der Waals surface area contributed by atoms with Crippen molar-refractivity contribution in [1.82, 2.24) is 0 Å². The van der Waals surface area contributed by atoms with Gasteiger partial charge in [-0.2, -0.15) is 0 Å². The van der Waals surface area contributed by atoms with E-state index in [4.69, 9.17) is 18.5 Å². The smallest absolute Gasteiger partial charge is 0.462 e. The number of unbranched alkanes of at least 4 members (excludes halogenated alkanes) is 17. The molecule has 0 aliphatic rings. The Morgan fingerprint density at radius 1 is 0.652 bits per heavy atom. The Hall–Kier alpha value is -1.25. The molecule has 0 saturated heterocycles. The van der Waals surface area contributed by atoms with Gasteiger partial charge >= 0.3 is 19.8 Å². The first-order valence-corrected chi connectivity index (χ1v) is 19.9. The highest BCUT2D eigenvalue weighted by Crippen LogP contribution is 2.43. The maximum absolute atomic E-state index is 12.6. The fourth-order valence-electron chi connectivity index (χ4n) is 4.83. The van der Waals surface area contributed by atoms with Crippen LogP contribution in [0, 0.1) is 0 Å². The first-order valence-electron chi connectivity index (χ1n) is 18.4. The summed E-state index contributed by atoms with van der Waals surface area (Å²) in [6.07, 6.45) is 26.9. The van der Waals surface area contributed by atoms with Gasteiger partial charge < -0.3 is 18.9 Å². The van der Waals surface area contributed by atoms with Crippen LogP contribution in [0.4, 0.5) is 0 Å². The van der Waals surface area contributed by atoms with Gasteiger partial charge in [0, 0.05) is 12.8 Å². The van der Waals surface area contributed by atoms with Crippen LogP contribution in [-0.2, 0) is 32.7 Å². The fraction of sp³-hybridized carbons (Fsp3) is 0.889. The molecule has 9 nitrogen and oxygen atoms in total. The molecular formula is C36H71NO8P+. The molecule has 0 aromatic rings. The van der Waals surface area contributed by atoms with Crippen LogP contribution in [0.25, 0.3) is 0 Å². The van der Waals surface area contributed by atoms with Gasteiger partial charge in [-0.3, -0.25) is 18.6 Å². The Labute approximate surface area is 282 Å². The van der Waals surface area contributed by atoms with Crippen LogP contribution in [0.5, 0.6) is 0 Å². The molecule has 0 aliphatic heterocycles. The van der Waals surface area contributed by atoms with Crippen molar-refractivity contribution in [3.8, 4) is 0 Å². The molecule has 0 fully saturated rings. The molecule has 0 aliphatic carbocycles. The summed E-state index contributed by atoms with van der Waals surface area (Å²) in [5.74, 6) is -0.809. The molecule has 46 heavy (non-hydrogen) atoms. The van der Waals surface area contributed by atoms with Crippen molar-refractivity contribution in [3.05, 3.63) is 12.2 Å². The summed E-state index contributed by atoms with van der Waals surface area (Å²) >= 11 is 0.